The van der Waals surface area contributed by atoms with Gasteiger partial charge in [0.25, 0.3) is 0 Å². The maximum atomic E-state index is 12.3. The van der Waals surface area contributed by atoms with Crippen molar-refractivity contribution in [2.75, 3.05) is 19.8 Å². The molecular weight excluding hydrogens is 468 g/mol. The van der Waals surface area contributed by atoms with E-state index in [1.165, 1.54) is 39.0 Å². The molecule has 0 saturated heterocycles. The first-order valence-electron chi connectivity index (χ1n) is 11.6. The van der Waals surface area contributed by atoms with Crippen LogP contribution in [-0.2, 0) is 11.2 Å². The Labute approximate surface area is 210 Å². The van der Waals surface area contributed by atoms with Crippen molar-refractivity contribution in [2.45, 2.75) is 53.9 Å². The Hall–Kier alpha value is -3.88. The summed E-state index contributed by atoms with van der Waals surface area (Å²) in [5.74, 6) is -1.32. The predicted molar refractivity (Wildman–Crippen MR) is 132 cm³/mol. The summed E-state index contributed by atoms with van der Waals surface area (Å²) in [5, 5.41) is 19.5. The van der Waals surface area contributed by atoms with Gasteiger partial charge in [0.05, 0.1) is 29.9 Å². The lowest BCUT2D eigenvalue weighted by atomic mass is 9.95. The van der Waals surface area contributed by atoms with Crippen molar-refractivity contribution in [1.82, 2.24) is 0 Å². The molecule has 0 spiro atoms. The molecule has 2 N–H and O–H groups in total. The van der Waals surface area contributed by atoms with Crippen molar-refractivity contribution < 1.29 is 43.6 Å². The van der Waals surface area contributed by atoms with Crippen molar-refractivity contribution in [2.24, 2.45) is 0 Å². The highest BCUT2D eigenvalue weighted by Crippen LogP contribution is 2.37. The Morgan fingerprint density at radius 2 is 1.42 bits per heavy atom. The molecule has 2 aromatic carbocycles. The number of hydrogen-bond donors (Lipinski definition) is 2. The summed E-state index contributed by atoms with van der Waals surface area (Å²) in [6, 6.07) is 4.41. The number of Topliss-reactive ketones (excluding diaryl/α,β-unsaturated/α-hetero) is 3. The number of carbonyl (C=O) groups is 4. The number of benzene rings is 2. The summed E-state index contributed by atoms with van der Waals surface area (Å²) in [7, 11) is 0. The number of aromatic hydroxyl groups is 1. The molecule has 2 aromatic rings. The average molecular weight is 501 g/mol. The molecule has 0 amide bonds. The lowest BCUT2D eigenvalue weighted by Gasteiger charge is -2.19. The van der Waals surface area contributed by atoms with Crippen LogP contribution >= 0.6 is 0 Å². The Morgan fingerprint density at radius 1 is 0.833 bits per heavy atom. The van der Waals surface area contributed by atoms with Crippen molar-refractivity contribution in [3.05, 3.63) is 46.0 Å². The van der Waals surface area contributed by atoms with E-state index >= 15 is 0 Å². The Morgan fingerprint density at radius 3 is 1.94 bits per heavy atom. The summed E-state index contributed by atoms with van der Waals surface area (Å²) in [6.45, 7) is 7.44. The van der Waals surface area contributed by atoms with E-state index in [1.54, 1.807) is 6.92 Å². The monoisotopic (exact) mass is 500 g/mol. The number of carboxylic acid groups (broad SMARTS) is 1. The number of phenolic OH excluding ortho intramolecular Hbond substituents is 1. The van der Waals surface area contributed by atoms with E-state index in [0.717, 1.165) is 0 Å². The summed E-state index contributed by atoms with van der Waals surface area (Å²) in [6.07, 6.45) is 1.46. The number of ketones is 3. The van der Waals surface area contributed by atoms with Gasteiger partial charge in [0.2, 0.25) is 0 Å². The fourth-order valence-electron chi connectivity index (χ4n) is 3.73. The molecule has 2 rings (SSSR count). The van der Waals surface area contributed by atoms with Crippen LogP contribution in [0.4, 0.5) is 0 Å². The van der Waals surface area contributed by atoms with Gasteiger partial charge < -0.3 is 24.4 Å². The molecular formula is C27H32O9. The molecule has 0 atom stereocenters. The van der Waals surface area contributed by atoms with Crippen LogP contribution in [0.1, 0.15) is 82.7 Å². The molecule has 194 valence electrons. The van der Waals surface area contributed by atoms with Crippen LogP contribution < -0.4 is 14.2 Å². The number of aliphatic carboxylic acids is 1. The van der Waals surface area contributed by atoms with Gasteiger partial charge in [0, 0.05) is 17.5 Å². The first-order valence-corrected chi connectivity index (χ1v) is 11.6. The molecule has 0 heterocycles. The van der Waals surface area contributed by atoms with Crippen molar-refractivity contribution >= 4 is 23.3 Å². The molecule has 0 radical (unpaired) electrons. The van der Waals surface area contributed by atoms with Crippen LogP contribution in [0, 0.1) is 6.92 Å². The summed E-state index contributed by atoms with van der Waals surface area (Å²) in [5.41, 5.74) is 1.55. The molecule has 9 nitrogen and oxygen atoms in total. The Balaban J connectivity index is 2.20. The standard InChI is InChI=1S/C27H32O9/c1-6-8-20-25(33)21(17(4)29)13-22(18(5)30)27(20)35-12-7-11-34-26-15(2)23(36-14-24(31)32)10-9-19(26)16(3)28/h9-10,13,33H,6-8,11-12,14H2,1-5H3,(H,31,32). The summed E-state index contributed by atoms with van der Waals surface area (Å²) < 4.78 is 17.0. The van der Waals surface area contributed by atoms with Gasteiger partial charge in [-0.1, -0.05) is 13.3 Å². The van der Waals surface area contributed by atoms with Crippen molar-refractivity contribution in [3.63, 3.8) is 0 Å². The first-order chi connectivity index (χ1) is 17.0. The zero-order chi connectivity index (χ0) is 27.0. The van der Waals surface area contributed by atoms with Crippen LogP contribution in [-0.4, -0.2) is 53.4 Å². The van der Waals surface area contributed by atoms with Crippen molar-refractivity contribution in [1.29, 1.82) is 0 Å². The minimum absolute atomic E-state index is 0.0802. The fraction of sp³-hybridized carbons (Fsp3) is 0.407. The SMILES string of the molecule is CCCc1c(O)c(C(C)=O)cc(C(C)=O)c1OCCCOc1c(C(C)=O)ccc(OCC(=O)O)c1C. The van der Waals surface area contributed by atoms with E-state index < -0.39 is 12.6 Å². The number of ether oxygens (including phenoxy) is 3. The fourth-order valence-corrected chi connectivity index (χ4v) is 3.73. The topological polar surface area (TPSA) is 136 Å². The second-order valence-electron chi connectivity index (χ2n) is 8.34. The highest BCUT2D eigenvalue weighted by molar-refractivity contribution is 6.04. The van der Waals surface area contributed by atoms with Gasteiger partial charge in [0.1, 0.15) is 23.0 Å². The first kappa shape index (κ1) is 28.4. The summed E-state index contributed by atoms with van der Waals surface area (Å²) in [4.78, 5) is 47.1. The Bertz CT molecular complexity index is 1160. The van der Waals surface area contributed by atoms with Crippen LogP contribution in [0.3, 0.4) is 0 Å². The number of phenols is 1. The highest BCUT2D eigenvalue weighted by Gasteiger charge is 2.23. The van der Waals surface area contributed by atoms with Crippen LogP contribution in [0.15, 0.2) is 18.2 Å². The maximum absolute atomic E-state index is 12.3. The Kier molecular flexibility index (Phi) is 10.0. The quantitative estimate of drug-likeness (QED) is 0.282. The molecule has 0 aliphatic heterocycles. The second-order valence-corrected chi connectivity index (χ2v) is 8.34. The third-order valence-corrected chi connectivity index (χ3v) is 5.48. The van der Waals surface area contributed by atoms with Gasteiger partial charge in [-0.2, -0.15) is 0 Å². The largest absolute Gasteiger partial charge is 0.507 e. The van der Waals surface area contributed by atoms with Gasteiger partial charge in [-0.3, -0.25) is 14.4 Å². The smallest absolute Gasteiger partial charge is 0.341 e. The molecule has 9 heteroatoms. The average Bonchev–Trinajstić information content (AvgIpc) is 2.80. The third-order valence-electron chi connectivity index (χ3n) is 5.48. The minimum Gasteiger partial charge on any atom is -0.507 e. The number of carboxylic acids is 1. The van der Waals surface area contributed by atoms with Crippen LogP contribution in [0.25, 0.3) is 0 Å². The molecule has 0 unspecified atom stereocenters. The van der Waals surface area contributed by atoms with Crippen LogP contribution in [0.2, 0.25) is 0 Å². The number of hydrogen-bond acceptors (Lipinski definition) is 8. The highest BCUT2D eigenvalue weighted by atomic mass is 16.5. The zero-order valence-electron chi connectivity index (χ0n) is 21.2. The van der Waals surface area contributed by atoms with E-state index in [-0.39, 0.29) is 53.2 Å². The lowest BCUT2D eigenvalue weighted by molar-refractivity contribution is -0.139. The van der Waals surface area contributed by atoms with Gasteiger partial charge in [-0.25, -0.2) is 4.79 Å². The third kappa shape index (κ3) is 6.84. The van der Waals surface area contributed by atoms with E-state index in [1.807, 2.05) is 6.92 Å². The van der Waals surface area contributed by atoms with Gasteiger partial charge in [-0.05, 0) is 52.3 Å². The molecule has 0 aromatic heterocycles. The van der Waals surface area contributed by atoms with Gasteiger partial charge >= 0.3 is 5.97 Å². The van der Waals surface area contributed by atoms with Gasteiger partial charge in [0.15, 0.2) is 24.0 Å². The molecule has 0 aliphatic rings. The molecule has 0 saturated carbocycles. The van der Waals surface area contributed by atoms with E-state index in [9.17, 15) is 24.3 Å². The minimum atomic E-state index is -1.13. The molecule has 0 fully saturated rings. The summed E-state index contributed by atoms with van der Waals surface area (Å²) >= 11 is 0. The second kappa shape index (κ2) is 12.7. The number of rotatable bonds is 14. The van der Waals surface area contributed by atoms with Gasteiger partial charge in [-0.15, -0.1) is 0 Å². The molecule has 0 aliphatic carbocycles. The molecule has 0 bridgehead atoms. The van der Waals surface area contributed by atoms with Crippen LogP contribution in [0.5, 0.6) is 23.0 Å². The van der Waals surface area contributed by atoms with Crippen molar-refractivity contribution in [3.8, 4) is 23.0 Å². The zero-order valence-corrected chi connectivity index (χ0v) is 21.2. The molecule has 36 heavy (non-hydrogen) atoms. The van der Waals surface area contributed by atoms with E-state index in [2.05, 4.69) is 0 Å². The predicted octanol–water partition coefficient (Wildman–Crippen LogP) is 4.57. The normalized spacial score (nSPS) is 10.6. The van der Waals surface area contributed by atoms with E-state index in [0.29, 0.717) is 47.5 Å². The maximum Gasteiger partial charge on any atom is 0.341 e. The van der Waals surface area contributed by atoms with E-state index in [4.69, 9.17) is 19.3 Å². The lowest BCUT2D eigenvalue weighted by Crippen LogP contribution is -2.13. The number of carbonyl (C=O) groups excluding carboxylic acids is 3.